The van der Waals surface area contributed by atoms with Gasteiger partial charge in [-0.25, -0.2) is 14.4 Å². The van der Waals surface area contributed by atoms with E-state index in [0.717, 1.165) is 0 Å². The topological polar surface area (TPSA) is 94.2 Å². The van der Waals surface area contributed by atoms with Crippen LogP contribution in [0.1, 0.15) is 81.6 Å². The number of alkyl carbamates (subject to hydrolysis) is 1. The van der Waals surface area contributed by atoms with Crippen molar-refractivity contribution in [2.75, 3.05) is 0 Å². The second kappa shape index (κ2) is 8.57. The maximum Gasteiger partial charge on any atom is 0.412 e. The normalized spacial score (nSPS) is 21.0. The van der Waals surface area contributed by atoms with Gasteiger partial charge in [-0.2, -0.15) is 0 Å². The van der Waals surface area contributed by atoms with Crippen LogP contribution in [-0.2, 0) is 19.0 Å². The Balaban J connectivity index is 3.09. The molecule has 8 heteroatoms. The first-order valence-corrected chi connectivity index (χ1v) is 9.72. The molecule has 1 N–H and O–H groups in total. The number of likely N-dealkylation sites (tertiary alicyclic amines) is 1. The van der Waals surface area contributed by atoms with E-state index in [1.165, 1.54) is 4.90 Å². The quantitative estimate of drug-likeness (QED) is 0.557. The molecule has 2 amide bonds. The fraction of sp³-hybridized carbons (Fsp3) is 0.850. The Hall–Kier alpha value is -1.99. The van der Waals surface area contributed by atoms with Crippen molar-refractivity contribution in [1.29, 1.82) is 0 Å². The number of nitrogens with one attached hydrogen (secondary N) is 1. The molecule has 2 atom stereocenters. The summed E-state index contributed by atoms with van der Waals surface area (Å²) in [6, 6.07) is -0.845. The van der Waals surface area contributed by atoms with Gasteiger partial charge in [-0.05, 0) is 81.6 Å². The highest BCUT2D eigenvalue weighted by molar-refractivity contribution is 5.82. The van der Waals surface area contributed by atoms with Gasteiger partial charge < -0.3 is 19.5 Å². The Kier molecular flexibility index (Phi) is 7.36. The third-order valence-electron chi connectivity index (χ3n) is 3.59. The van der Waals surface area contributed by atoms with E-state index < -0.39 is 47.2 Å². The summed E-state index contributed by atoms with van der Waals surface area (Å²) in [5.74, 6) is -0.519. The summed E-state index contributed by atoms with van der Waals surface area (Å²) in [7, 11) is 0. The molecule has 0 aliphatic carbocycles. The van der Waals surface area contributed by atoms with Crippen LogP contribution < -0.4 is 5.32 Å². The fourth-order valence-electron chi connectivity index (χ4n) is 2.76. The minimum Gasteiger partial charge on any atom is -0.458 e. The Morgan fingerprint density at radius 3 is 1.75 bits per heavy atom. The van der Waals surface area contributed by atoms with Crippen molar-refractivity contribution < 1.29 is 28.6 Å². The smallest absolute Gasteiger partial charge is 0.412 e. The number of esters is 1. The van der Waals surface area contributed by atoms with Crippen molar-refractivity contribution in [2.45, 2.75) is 111 Å². The Labute approximate surface area is 168 Å². The summed E-state index contributed by atoms with van der Waals surface area (Å²) in [5.41, 5.74) is -2.12. The number of ether oxygens (including phenoxy) is 3. The van der Waals surface area contributed by atoms with Crippen LogP contribution in [-0.4, -0.2) is 52.1 Å². The Morgan fingerprint density at radius 2 is 1.29 bits per heavy atom. The Morgan fingerprint density at radius 1 is 0.786 bits per heavy atom. The lowest BCUT2D eigenvalue weighted by Gasteiger charge is -2.42. The molecule has 8 nitrogen and oxygen atoms in total. The van der Waals surface area contributed by atoms with E-state index in [2.05, 4.69) is 5.32 Å². The molecular formula is C20H36N2O6. The molecule has 1 aliphatic heterocycles. The first-order chi connectivity index (χ1) is 12.5. The van der Waals surface area contributed by atoms with Gasteiger partial charge in [0.2, 0.25) is 0 Å². The van der Waals surface area contributed by atoms with E-state index in [4.69, 9.17) is 14.2 Å². The average Bonchev–Trinajstić information content (AvgIpc) is 2.40. The van der Waals surface area contributed by atoms with Gasteiger partial charge in [0.25, 0.3) is 0 Å². The lowest BCUT2D eigenvalue weighted by atomic mass is 9.99. The molecule has 0 aromatic carbocycles. The van der Waals surface area contributed by atoms with E-state index in [1.807, 2.05) is 0 Å². The molecular weight excluding hydrogens is 364 g/mol. The lowest BCUT2D eigenvalue weighted by molar-refractivity contribution is -0.164. The minimum atomic E-state index is -0.845. The highest BCUT2D eigenvalue weighted by Crippen LogP contribution is 2.27. The predicted molar refractivity (Wildman–Crippen MR) is 105 cm³/mol. The standard InChI is InChI=1S/C20H36N2O6/c1-18(2,3)26-15(23)13-11-10-12-14(21-16(24)27-19(4,5)6)22(13)17(25)28-20(7,8)9/h13-14H,10-12H2,1-9H3,(H,21,24)/t13-,14?/m0/s1. The molecule has 0 bridgehead atoms. The van der Waals surface area contributed by atoms with Gasteiger partial charge in [0, 0.05) is 0 Å². The summed E-state index contributed by atoms with van der Waals surface area (Å²) in [5, 5.41) is 2.70. The van der Waals surface area contributed by atoms with Gasteiger partial charge >= 0.3 is 18.2 Å². The van der Waals surface area contributed by atoms with Crippen LogP contribution in [0.5, 0.6) is 0 Å². The van der Waals surface area contributed by atoms with Gasteiger partial charge in [-0.15, -0.1) is 0 Å². The van der Waals surface area contributed by atoms with Crippen LogP contribution in [0.2, 0.25) is 0 Å². The molecule has 1 unspecified atom stereocenters. The zero-order chi connectivity index (χ0) is 21.9. The number of carbonyl (C=O) groups is 3. The summed E-state index contributed by atoms with van der Waals surface area (Å²) in [6.07, 6.45) is -0.502. The first kappa shape index (κ1) is 24.0. The van der Waals surface area contributed by atoms with E-state index in [1.54, 1.807) is 62.3 Å². The van der Waals surface area contributed by atoms with Crippen molar-refractivity contribution in [1.82, 2.24) is 10.2 Å². The van der Waals surface area contributed by atoms with Gasteiger partial charge in [0.05, 0.1) is 0 Å². The zero-order valence-corrected chi connectivity index (χ0v) is 18.7. The van der Waals surface area contributed by atoms with E-state index in [0.29, 0.717) is 19.3 Å². The lowest BCUT2D eigenvalue weighted by Crippen LogP contribution is -2.61. The molecule has 162 valence electrons. The van der Waals surface area contributed by atoms with Gasteiger partial charge in [-0.3, -0.25) is 4.90 Å². The molecule has 0 aromatic heterocycles. The van der Waals surface area contributed by atoms with Crippen LogP contribution in [0.4, 0.5) is 9.59 Å². The molecule has 1 aliphatic rings. The Bertz CT molecular complexity index is 583. The fourth-order valence-corrected chi connectivity index (χ4v) is 2.76. The molecule has 0 radical (unpaired) electrons. The largest absolute Gasteiger partial charge is 0.458 e. The summed E-state index contributed by atoms with van der Waals surface area (Å²) >= 11 is 0. The highest BCUT2D eigenvalue weighted by Gasteiger charge is 2.43. The summed E-state index contributed by atoms with van der Waals surface area (Å²) in [4.78, 5) is 39.1. The van der Waals surface area contributed by atoms with E-state index >= 15 is 0 Å². The molecule has 1 fully saturated rings. The van der Waals surface area contributed by atoms with Crippen molar-refractivity contribution in [3.8, 4) is 0 Å². The highest BCUT2D eigenvalue weighted by atomic mass is 16.6. The molecule has 0 saturated carbocycles. The zero-order valence-electron chi connectivity index (χ0n) is 18.7. The van der Waals surface area contributed by atoms with Gasteiger partial charge in [0.1, 0.15) is 29.0 Å². The average molecular weight is 401 g/mol. The summed E-state index contributed by atoms with van der Waals surface area (Å²) < 4.78 is 16.3. The van der Waals surface area contributed by atoms with Crippen LogP contribution in [0.3, 0.4) is 0 Å². The number of amides is 2. The molecule has 28 heavy (non-hydrogen) atoms. The molecule has 1 saturated heterocycles. The monoisotopic (exact) mass is 400 g/mol. The summed E-state index contributed by atoms with van der Waals surface area (Å²) in [6.45, 7) is 15.8. The third-order valence-corrected chi connectivity index (χ3v) is 3.59. The van der Waals surface area contributed by atoms with Crippen molar-refractivity contribution in [2.24, 2.45) is 0 Å². The van der Waals surface area contributed by atoms with Gasteiger partial charge in [-0.1, -0.05) is 0 Å². The van der Waals surface area contributed by atoms with Crippen molar-refractivity contribution in [3.05, 3.63) is 0 Å². The van der Waals surface area contributed by atoms with Gasteiger partial charge in [0.15, 0.2) is 0 Å². The van der Waals surface area contributed by atoms with Crippen LogP contribution in [0.15, 0.2) is 0 Å². The van der Waals surface area contributed by atoms with Crippen molar-refractivity contribution in [3.63, 3.8) is 0 Å². The second-order valence-corrected chi connectivity index (χ2v) is 10.0. The molecule has 1 rings (SSSR count). The van der Waals surface area contributed by atoms with E-state index in [9.17, 15) is 14.4 Å². The first-order valence-electron chi connectivity index (χ1n) is 9.72. The maximum absolute atomic E-state index is 12.9. The minimum absolute atomic E-state index is 0.431. The van der Waals surface area contributed by atoms with E-state index in [-0.39, 0.29) is 0 Å². The molecule has 1 heterocycles. The number of rotatable bonds is 2. The predicted octanol–water partition coefficient (Wildman–Crippen LogP) is 3.97. The van der Waals surface area contributed by atoms with Crippen LogP contribution in [0, 0.1) is 0 Å². The number of piperidine rings is 1. The third kappa shape index (κ3) is 8.35. The number of hydrogen-bond donors (Lipinski definition) is 1. The van der Waals surface area contributed by atoms with Crippen LogP contribution >= 0.6 is 0 Å². The molecule has 0 aromatic rings. The molecule has 0 spiro atoms. The number of nitrogens with zero attached hydrogens (tertiary/aromatic N) is 1. The number of hydrogen-bond acceptors (Lipinski definition) is 6. The van der Waals surface area contributed by atoms with Crippen molar-refractivity contribution >= 4 is 18.2 Å². The maximum atomic E-state index is 12.9. The second-order valence-electron chi connectivity index (χ2n) is 10.0. The SMILES string of the molecule is CC(C)(C)OC(=O)NC1CCC[C@@H](C(=O)OC(C)(C)C)N1C(=O)OC(C)(C)C. The number of carbonyl (C=O) groups excluding carboxylic acids is 3. The van der Waals surface area contributed by atoms with Crippen LogP contribution in [0.25, 0.3) is 0 Å².